The number of benzene rings is 12. The topological polar surface area (TPSA) is 23.0 Å². The molecule has 0 bridgehead atoms. The summed E-state index contributed by atoms with van der Waals surface area (Å²) in [5, 5.41) is 12.3. The van der Waals surface area contributed by atoms with Gasteiger partial charge in [0.2, 0.25) is 0 Å². The lowest BCUT2D eigenvalue weighted by Gasteiger charge is -2.11. The molecule has 0 spiro atoms. The van der Waals surface area contributed by atoms with E-state index in [4.69, 9.17) is 4.42 Å². The van der Waals surface area contributed by atoms with E-state index in [-0.39, 0.29) is 0 Å². The Hall–Kier alpha value is -9.48. The molecule has 74 heavy (non-hydrogen) atoms. The Morgan fingerprint density at radius 1 is 0.284 bits per heavy atom. The molecule has 0 saturated heterocycles. The van der Waals surface area contributed by atoms with Crippen molar-refractivity contribution >= 4 is 108 Å². The van der Waals surface area contributed by atoms with Crippen molar-refractivity contribution in [2.24, 2.45) is 0 Å². The minimum absolute atomic E-state index is 0.908. The van der Waals surface area contributed by atoms with Crippen molar-refractivity contribution in [3.63, 3.8) is 0 Å². The van der Waals surface area contributed by atoms with Gasteiger partial charge in [-0.15, -0.1) is 11.3 Å². The highest BCUT2D eigenvalue weighted by Crippen LogP contribution is 2.44. The van der Waals surface area contributed by atoms with Crippen LogP contribution in [0, 0.1) is 0 Å². The Kier molecular flexibility index (Phi) is 8.91. The number of hydrogen-bond donors (Lipinski definition) is 0. The average molecular weight is 959 g/mol. The van der Waals surface area contributed by atoms with Crippen LogP contribution in [0.2, 0.25) is 0 Å². The minimum atomic E-state index is 0.908. The van der Waals surface area contributed by atoms with Crippen molar-refractivity contribution in [3.05, 3.63) is 255 Å². The van der Waals surface area contributed by atoms with Gasteiger partial charge in [-0.3, -0.25) is 0 Å². The normalized spacial score (nSPS) is 12.1. The Balaban J connectivity index is 0.869. The second-order valence-electron chi connectivity index (χ2n) is 19.6. The lowest BCUT2D eigenvalue weighted by atomic mass is 9.98. The molecule has 4 heteroatoms. The average Bonchev–Trinajstić information content (AvgIpc) is 4.23. The molecule has 16 aromatic rings. The fraction of sp³-hybridized carbons (Fsp3) is 0. The Bertz CT molecular complexity index is 4950. The van der Waals surface area contributed by atoms with E-state index < -0.39 is 0 Å². The molecule has 0 saturated carbocycles. The summed E-state index contributed by atoms with van der Waals surface area (Å²) >= 11 is 1.86. The van der Waals surface area contributed by atoms with Gasteiger partial charge < -0.3 is 13.6 Å². The Labute approximate surface area is 429 Å². The second kappa shape index (κ2) is 16.0. The van der Waals surface area contributed by atoms with Crippen LogP contribution in [0.15, 0.2) is 259 Å². The maximum Gasteiger partial charge on any atom is 0.143 e. The molecule has 16 rings (SSSR count). The van der Waals surface area contributed by atoms with Crippen LogP contribution in [0.1, 0.15) is 0 Å². The number of nitrogens with zero attached hydrogens (tertiary/aromatic N) is 2. The van der Waals surface area contributed by atoms with Crippen LogP contribution in [0.3, 0.4) is 0 Å². The molecule has 0 aliphatic heterocycles. The van der Waals surface area contributed by atoms with Crippen LogP contribution in [0.4, 0.5) is 0 Å². The zero-order valence-electron chi connectivity index (χ0n) is 40.0. The first kappa shape index (κ1) is 41.2. The molecule has 0 aliphatic carbocycles. The molecule has 0 fully saturated rings. The number of rotatable bonds is 6. The zero-order valence-corrected chi connectivity index (χ0v) is 40.8. The molecule has 0 N–H and O–H groups in total. The fourth-order valence-corrected chi connectivity index (χ4v) is 13.1. The summed E-state index contributed by atoms with van der Waals surface area (Å²) in [6, 6.07) is 93.7. The second-order valence-corrected chi connectivity index (χ2v) is 20.7. The van der Waals surface area contributed by atoms with E-state index in [1.165, 1.54) is 108 Å². The molecule has 0 amide bonds. The maximum absolute atomic E-state index is 6.47. The summed E-state index contributed by atoms with van der Waals surface area (Å²) in [7, 11) is 0. The van der Waals surface area contributed by atoms with Gasteiger partial charge >= 0.3 is 0 Å². The van der Waals surface area contributed by atoms with Gasteiger partial charge in [-0.25, -0.2) is 0 Å². The summed E-state index contributed by atoms with van der Waals surface area (Å²) in [5.74, 6) is 0. The highest BCUT2D eigenvalue weighted by molar-refractivity contribution is 7.25. The first-order chi connectivity index (χ1) is 36.7. The maximum atomic E-state index is 6.47. The monoisotopic (exact) mass is 958 g/mol. The fourth-order valence-electron chi connectivity index (χ4n) is 12.0. The van der Waals surface area contributed by atoms with Gasteiger partial charge in [0.05, 0.1) is 22.1 Å². The molecule has 12 aromatic carbocycles. The van der Waals surface area contributed by atoms with E-state index in [2.05, 4.69) is 252 Å². The van der Waals surface area contributed by atoms with Gasteiger partial charge in [0.15, 0.2) is 0 Å². The molecule has 4 aromatic heterocycles. The van der Waals surface area contributed by atoms with Crippen molar-refractivity contribution in [3.8, 4) is 55.9 Å². The molecule has 0 aliphatic rings. The molecule has 0 radical (unpaired) electrons. The third kappa shape index (κ3) is 6.25. The molecule has 0 unspecified atom stereocenters. The lowest BCUT2D eigenvalue weighted by molar-refractivity contribution is 0.670. The van der Waals surface area contributed by atoms with Gasteiger partial charge in [0.1, 0.15) is 11.2 Å². The van der Waals surface area contributed by atoms with E-state index in [1.54, 1.807) is 0 Å². The lowest BCUT2D eigenvalue weighted by Crippen LogP contribution is -1.94. The molecule has 344 valence electrons. The van der Waals surface area contributed by atoms with Crippen molar-refractivity contribution < 1.29 is 4.42 Å². The standard InChI is InChI=1S/C70H42N2OS/c1-2-12-43(13-3-1)46-15-10-16-52(38-46)72-62-33-27-47(39-58(62)59-40-48(28-34-63(59)72)50-30-37-68-60(41-50)56-19-7-9-23-67(56)74-68)49-29-35-64-61(42-49)69-53-17-5-4-14-44(53)26-36-65(69)71(64)51-31-24-45(25-32-51)54-20-11-21-57-55-18-6-8-22-66(55)73-70(54)57/h1-42H. The van der Waals surface area contributed by atoms with E-state index in [0.717, 1.165) is 44.4 Å². The van der Waals surface area contributed by atoms with E-state index in [1.807, 2.05) is 23.5 Å². The van der Waals surface area contributed by atoms with E-state index in [0.29, 0.717) is 0 Å². The Morgan fingerprint density at radius 2 is 0.824 bits per heavy atom. The van der Waals surface area contributed by atoms with Crippen LogP contribution < -0.4 is 0 Å². The van der Waals surface area contributed by atoms with Gasteiger partial charge in [-0.1, -0.05) is 164 Å². The van der Waals surface area contributed by atoms with Crippen molar-refractivity contribution in [1.82, 2.24) is 9.13 Å². The van der Waals surface area contributed by atoms with Crippen molar-refractivity contribution in [2.75, 3.05) is 0 Å². The van der Waals surface area contributed by atoms with Crippen LogP contribution in [0.25, 0.3) is 152 Å². The third-order valence-electron chi connectivity index (χ3n) is 15.5. The van der Waals surface area contributed by atoms with Crippen LogP contribution in [-0.2, 0) is 0 Å². The smallest absolute Gasteiger partial charge is 0.143 e. The van der Waals surface area contributed by atoms with Crippen LogP contribution >= 0.6 is 11.3 Å². The quantitative estimate of drug-likeness (QED) is 0.163. The number of aromatic nitrogens is 2. The number of fused-ring (bicyclic) bond motifs is 14. The number of furan rings is 1. The van der Waals surface area contributed by atoms with E-state index in [9.17, 15) is 0 Å². The molecular formula is C70H42N2OS. The van der Waals surface area contributed by atoms with Crippen molar-refractivity contribution in [1.29, 1.82) is 0 Å². The van der Waals surface area contributed by atoms with E-state index >= 15 is 0 Å². The summed E-state index contributed by atoms with van der Waals surface area (Å²) < 4.78 is 14.0. The predicted octanol–water partition coefficient (Wildman–Crippen LogP) is 20.0. The number of para-hydroxylation sites is 2. The summed E-state index contributed by atoms with van der Waals surface area (Å²) in [4.78, 5) is 0. The SMILES string of the molecule is c1ccc(-c2cccc(-n3c4ccc(-c5ccc6sc7ccccc7c6c5)cc4c4cc(-c5ccc6c(c5)c5c7ccccc7ccc5n6-c5ccc(-c6cccc7c6oc6ccccc67)cc5)ccc43)c2)cc1. The highest BCUT2D eigenvalue weighted by Gasteiger charge is 2.20. The first-order valence-corrected chi connectivity index (χ1v) is 26.1. The molecule has 4 heterocycles. The largest absolute Gasteiger partial charge is 0.455 e. The predicted molar refractivity (Wildman–Crippen MR) is 315 cm³/mol. The third-order valence-corrected chi connectivity index (χ3v) is 16.7. The van der Waals surface area contributed by atoms with Gasteiger partial charge in [-0.2, -0.15) is 0 Å². The van der Waals surface area contributed by atoms with Crippen LogP contribution in [0.5, 0.6) is 0 Å². The summed E-state index contributed by atoms with van der Waals surface area (Å²) in [6.07, 6.45) is 0. The Morgan fingerprint density at radius 3 is 1.61 bits per heavy atom. The highest BCUT2D eigenvalue weighted by atomic mass is 32.1. The van der Waals surface area contributed by atoms with Gasteiger partial charge in [0.25, 0.3) is 0 Å². The number of thiophene rings is 1. The molecule has 0 atom stereocenters. The first-order valence-electron chi connectivity index (χ1n) is 25.3. The molecular weight excluding hydrogens is 917 g/mol. The molecule has 3 nitrogen and oxygen atoms in total. The number of hydrogen-bond acceptors (Lipinski definition) is 2. The van der Waals surface area contributed by atoms with Crippen molar-refractivity contribution in [2.45, 2.75) is 0 Å². The minimum Gasteiger partial charge on any atom is -0.455 e. The van der Waals surface area contributed by atoms with Crippen LogP contribution in [-0.4, -0.2) is 9.13 Å². The summed E-state index contributed by atoms with van der Waals surface area (Å²) in [6.45, 7) is 0. The zero-order chi connectivity index (χ0) is 48.4. The summed E-state index contributed by atoms with van der Waals surface area (Å²) in [5.41, 5.74) is 18.2. The van der Waals surface area contributed by atoms with Gasteiger partial charge in [-0.05, 0) is 141 Å². The van der Waals surface area contributed by atoms with Gasteiger partial charge in [0, 0.05) is 69.4 Å².